The second kappa shape index (κ2) is 9.57. The average Bonchev–Trinajstić information content (AvgIpc) is 3.40. The van der Waals surface area contributed by atoms with Gasteiger partial charge in [-0.2, -0.15) is 0 Å². The molecule has 2 aromatic rings. The van der Waals surface area contributed by atoms with E-state index in [2.05, 4.69) is 6.07 Å². The summed E-state index contributed by atoms with van der Waals surface area (Å²) < 4.78 is 1.97. The number of carbonyl (C=O) groups excluding carboxylic acids is 3. The van der Waals surface area contributed by atoms with Gasteiger partial charge in [0.1, 0.15) is 51.5 Å². The van der Waals surface area contributed by atoms with E-state index in [1.807, 2.05) is 25.1 Å². The fourth-order valence-corrected chi connectivity index (χ4v) is 8.59. The zero-order valence-corrected chi connectivity index (χ0v) is 24.6. The minimum Gasteiger partial charge on any atom is -0.477 e. The van der Waals surface area contributed by atoms with Crippen LogP contribution >= 0.6 is 0 Å². The average molecular weight is 587 g/mol. The maximum absolute atomic E-state index is 13.6. The zero-order valence-electron chi connectivity index (χ0n) is 24.6. The number of amides is 2. The van der Waals surface area contributed by atoms with Gasteiger partial charge in [-0.05, 0) is 47.4 Å². The molecule has 5 heterocycles. The third kappa shape index (κ3) is 4.11. The maximum atomic E-state index is 13.6. The number of benzene rings is 2. The number of primary amides is 1. The molecule has 4 N–H and O–H groups in total. The molecule has 1 aliphatic carbocycles. The molecular weight excluding hydrogens is 548 g/mol. The molecular formula is C33H38N4O6+2. The van der Waals surface area contributed by atoms with E-state index in [1.54, 1.807) is 19.1 Å². The van der Waals surface area contributed by atoms with E-state index in [0.29, 0.717) is 28.7 Å². The minimum atomic E-state index is -1.17. The molecule has 5 aliphatic heterocycles. The van der Waals surface area contributed by atoms with Crippen LogP contribution < -0.4 is 5.73 Å². The number of piperazine rings is 3. The molecule has 10 heteroatoms. The number of aliphatic hydroxyl groups excluding tert-OH is 1. The number of rotatable bonds is 8. The number of nitrogens with zero attached hydrogens (tertiary/aromatic N) is 3. The fraction of sp³-hybridized carbons (Fsp3) is 0.455. The second-order valence-electron chi connectivity index (χ2n) is 13.4. The van der Waals surface area contributed by atoms with Crippen LogP contribution in [0, 0.1) is 11.8 Å². The van der Waals surface area contributed by atoms with Crippen molar-refractivity contribution in [2.24, 2.45) is 17.6 Å². The standard InChI is InChI=1S/C33H36N4O6/c1-18-27(30(33(42)43)35-29(18)28(19(2)38)32(35)41)21-4-6-23-24(16-21)22-5-3-20(15-25(22)31(23)40)17-37-12-9-36(10-13-37,11-14-37)8-7-26(34)39/h3-6,15-16,18-19,28-29,38H,7-14,17H2,1-2H3,(H-2,34,39,42,43)/p+2/t18-,19+,28+,29+,36?,37?/m0/s1. The highest BCUT2D eigenvalue weighted by Crippen LogP contribution is 2.51. The monoisotopic (exact) mass is 586 g/mol. The Bertz CT molecular complexity index is 1620. The van der Waals surface area contributed by atoms with Crippen molar-refractivity contribution < 1.29 is 38.4 Å². The first-order valence-corrected chi connectivity index (χ1v) is 15.2. The van der Waals surface area contributed by atoms with Gasteiger partial charge >= 0.3 is 5.97 Å². The summed E-state index contributed by atoms with van der Waals surface area (Å²) >= 11 is 0. The number of nitrogens with two attached hydrogens (primary N) is 1. The van der Waals surface area contributed by atoms with Crippen molar-refractivity contribution in [1.82, 2.24) is 4.90 Å². The van der Waals surface area contributed by atoms with Crippen LogP contribution in [0.15, 0.2) is 42.1 Å². The third-order valence-corrected chi connectivity index (χ3v) is 11.1. The lowest BCUT2D eigenvalue weighted by molar-refractivity contribution is -1.09. The molecule has 43 heavy (non-hydrogen) atoms. The molecule has 0 saturated carbocycles. The van der Waals surface area contributed by atoms with Gasteiger partial charge in [0.2, 0.25) is 11.8 Å². The summed E-state index contributed by atoms with van der Waals surface area (Å²) in [5.74, 6) is -2.71. The molecule has 6 aliphatic rings. The first kappa shape index (κ1) is 27.9. The van der Waals surface area contributed by atoms with Crippen molar-refractivity contribution in [3.63, 3.8) is 0 Å². The van der Waals surface area contributed by atoms with Gasteiger partial charge < -0.3 is 29.8 Å². The van der Waals surface area contributed by atoms with Crippen molar-refractivity contribution >= 4 is 29.1 Å². The molecule has 224 valence electrons. The second-order valence-corrected chi connectivity index (χ2v) is 13.4. The number of carbonyl (C=O) groups is 4. The smallest absolute Gasteiger partial charge is 0.352 e. The van der Waals surface area contributed by atoms with Crippen LogP contribution in [-0.2, 0) is 20.9 Å². The number of hydrogen-bond donors (Lipinski definition) is 3. The van der Waals surface area contributed by atoms with Gasteiger partial charge in [0.05, 0.1) is 31.0 Å². The van der Waals surface area contributed by atoms with Crippen LogP contribution in [0.5, 0.6) is 0 Å². The van der Waals surface area contributed by atoms with Gasteiger partial charge in [-0.1, -0.05) is 25.1 Å². The molecule has 8 rings (SSSR count). The molecule has 4 saturated heterocycles. The SMILES string of the molecule is C[C@@H](O)[C@H]1C(=O)N2C(C(=O)O)=C(c3ccc4c(c3)-c3ccc(C[N+]56CC[N+](CCC(N)=O)(CC5)CC6)cc3C4=O)[C@H](C)[C@H]12. The van der Waals surface area contributed by atoms with Crippen LogP contribution in [0.2, 0.25) is 0 Å². The predicted octanol–water partition coefficient (Wildman–Crippen LogP) is 1.59. The first-order valence-electron chi connectivity index (χ1n) is 15.2. The molecule has 0 spiro atoms. The summed E-state index contributed by atoms with van der Waals surface area (Å²) in [5, 5.41) is 20.3. The molecule has 2 aromatic carbocycles. The quantitative estimate of drug-likeness (QED) is 0.271. The predicted molar refractivity (Wildman–Crippen MR) is 157 cm³/mol. The Balaban J connectivity index is 1.16. The van der Waals surface area contributed by atoms with E-state index in [4.69, 9.17) is 5.73 Å². The van der Waals surface area contributed by atoms with Crippen LogP contribution in [0.4, 0.5) is 0 Å². The maximum Gasteiger partial charge on any atom is 0.352 e. The normalized spacial score (nSPS) is 31.0. The number of β-lactam (4-membered cyclic amide) rings is 1. The fourth-order valence-electron chi connectivity index (χ4n) is 8.59. The van der Waals surface area contributed by atoms with E-state index in [0.717, 1.165) is 78.0 Å². The Labute approximate surface area is 250 Å². The first-order chi connectivity index (χ1) is 20.4. The van der Waals surface area contributed by atoms with E-state index in [-0.39, 0.29) is 29.2 Å². The topological polar surface area (TPSA) is 138 Å². The Morgan fingerprint density at radius 1 is 0.953 bits per heavy atom. The number of aliphatic carboxylic acids is 1. The van der Waals surface area contributed by atoms with Gasteiger partial charge in [-0.25, -0.2) is 4.79 Å². The number of hydrogen-bond acceptors (Lipinski definition) is 5. The Morgan fingerprint density at radius 3 is 2.23 bits per heavy atom. The lowest BCUT2D eigenvalue weighted by Gasteiger charge is -2.55. The molecule has 4 fully saturated rings. The van der Waals surface area contributed by atoms with Crippen molar-refractivity contribution in [3.8, 4) is 11.1 Å². The van der Waals surface area contributed by atoms with Crippen LogP contribution in [0.3, 0.4) is 0 Å². The molecule has 0 aromatic heterocycles. The summed E-state index contributed by atoms with van der Waals surface area (Å²) in [6, 6.07) is 11.2. The van der Waals surface area contributed by atoms with Crippen molar-refractivity contribution in [3.05, 3.63) is 64.3 Å². The largest absolute Gasteiger partial charge is 0.477 e. The number of quaternary nitrogens is 2. The molecule has 0 radical (unpaired) electrons. The molecule has 2 bridgehead atoms. The highest BCUT2D eigenvalue weighted by molar-refractivity contribution is 6.22. The van der Waals surface area contributed by atoms with Crippen LogP contribution in [-0.4, -0.2) is 106 Å². The zero-order chi connectivity index (χ0) is 30.4. The van der Waals surface area contributed by atoms with E-state index in [9.17, 15) is 29.4 Å². The summed E-state index contributed by atoms with van der Waals surface area (Å²) in [7, 11) is 0. The lowest BCUT2D eigenvalue weighted by atomic mass is 9.76. The van der Waals surface area contributed by atoms with Crippen molar-refractivity contribution in [2.75, 3.05) is 45.8 Å². The van der Waals surface area contributed by atoms with Gasteiger partial charge in [0.15, 0.2) is 5.78 Å². The minimum absolute atomic E-state index is 0.0297. The summed E-state index contributed by atoms with van der Waals surface area (Å²) in [5.41, 5.74) is 10.6. The molecule has 4 atom stereocenters. The van der Waals surface area contributed by atoms with Gasteiger partial charge in [0, 0.05) is 22.6 Å². The van der Waals surface area contributed by atoms with E-state index in [1.165, 1.54) is 4.90 Å². The van der Waals surface area contributed by atoms with Crippen LogP contribution in [0.25, 0.3) is 16.7 Å². The van der Waals surface area contributed by atoms with Gasteiger partial charge in [0.25, 0.3) is 0 Å². The Morgan fingerprint density at radius 2 is 1.60 bits per heavy atom. The highest BCUT2D eigenvalue weighted by atomic mass is 16.4. The number of carboxylic acid groups (broad SMARTS) is 1. The van der Waals surface area contributed by atoms with Crippen molar-refractivity contribution in [1.29, 1.82) is 0 Å². The van der Waals surface area contributed by atoms with Crippen LogP contribution in [0.1, 0.15) is 47.3 Å². The van der Waals surface area contributed by atoms with Gasteiger partial charge in [-0.15, -0.1) is 0 Å². The molecule has 10 nitrogen and oxygen atoms in total. The molecule has 2 amide bonds. The Kier molecular flexibility index (Phi) is 6.22. The lowest BCUT2D eigenvalue weighted by Crippen LogP contribution is -2.74. The van der Waals surface area contributed by atoms with Gasteiger partial charge in [-0.3, -0.25) is 14.4 Å². The summed E-state index contributed by atoms with van der Waals surface area (Å²) in [6.07, 6.45) is -0.435. The third-order valence-electron chi connectivity index (χ3n) is 11.1. The van der Waals surface area contributed by atoms with E-state index >= 15 is 0 Å². The molecule has 0 unspecified atom stereocenters. The number of aliphatic hydroxyl groups is 1. The summed E-state index contributed by atoms with van der Waals surface area (Å²) in [6.45, 7) is 11.4. The number of fused-ring (bicyclic) bond motifs is 7. The Hall–Kier alpha value is -3.86. The number of carboxylic acids is 1. The van der Waals surface area contributed by atoms with E-state index < -0.39 is 24.0 Å². The number of ketones is 1. The summed E-state index contributed by atoms with van der Waals surface area (Å²) in [4.78, 5) is 51.4. The highest BCUT2D eigenvalue weighted by Gasteiger charge is 2.60. The van der Waals surface area contributed by atoms with Crippen molar-refractivity contribution in [2.45, 2.75) is 39.0 Å².